The largest absolute Gasteiger partial charge is 0.492 e. The maximum Gasteiger partial charge on any atom is 0.169 e. The highest BCUT2D eigenvalue weighted by Crippen LogP contribution is 2.28. The summed E-state index contributed by atoms with van der Waals surface area (Å²) in [5.41, 5.74) is 6.10. The van der Waals surface area contributed by atoms with Crippen LogP contribution in [0.4, 0.5) is 0 Å². The zero-order valence-corrected chi connectivity index (χ0v) is 17.1. The molecule has 0 radical (unpaired) electrons. The molecule has 3 nitrogen and oxygen atoms in total. The van der Waals surface area contributed by atoms with Gasteiger partial charge in [0.05, 0.1) is 17.6 Å². The highest BCUT2D eigenvalue weighted by molar-refractivity contribution is 7.98. The van der Waals surface area contributed by atoms with E-state index in [1.807, 2.05) is 30.3 Å². The van der Waals surface area contributed by atoms with Crippen molar-refractivity contribution in [2.24, 2.45) is 0 Å². The van der Waals surface area contributed by atoms with E-state index in [1.54, 1.807) is 11.8 Å². The summed E-state index contributed by atoms with van der Waals surface area (Å²) in [7, 11) is 0. The first-order valence-electron chi connectivity index (χ1n) is 9.53. The van der Waals surface area contributed by atoms with Gasteiger partial charge in [-0.05, 0) is 54.8 Å². The summed E-state index contributed by atoms with van der Waals surface area (Å²) in [6, 6.07) is 24.9. The van der Waals surface area contributed by atoms with Crippen molar-refractivity contribution >= 4 is 22.8 Å². The third-order valence-corrected chi connectivity index (χ3v) is 5.91. The van der Waals surface area contributed by atoms with Crippen LogP contribution >= 0.6 is 11.8 Å². The van der Waals surface area contributed by atoms with Crippen LogP contribution in [0.15, 0.2) is 78.0 Å². The molecule has 0 unspecified atom stereocenters. The second-order valence-electron chi connectivity index (χ2n) is 6.91. The third-order valence-electron chi connectivity index (χ3n) is 4.87. The Morgan fingerprint density at radius 3 is 2.32 bits per heavy atom. The quantitative estimate of drug-likeness (QED) is 0.362. The number of nitrogens with zero attached hydrogens (tertiary/aromatic N) is 2. The molecule has 28 heavy (non-hydrogen) atoms. The van der Waals surface area contributed by atoms with E-state index in [1.165, 1.54) is 22.2 Å². The average Bonchev–Trinajstić information content (AvgIpc) is 3.05. The van der Waals surface area contributed by atoms with Gasteiger partial charge < -0.3 is 9.30 Å². The van der Waals surface area contributed by atoms with Gasteiger partial charge in [-0.25, -0.2) is 4.98 Å². The van der Waals surface area contributed by atoms with Gasteiger partial charge in [-0.1, -0.05) is 60.3 Å². The Morgan fingerprint density at radius 2 is 1.57 bits per heavy atom. The Morgan fingerprint density at radius 1 is 0.893 bits per heavy atom. The molecule has 0 saturated heterocycles. The minimum atomic E-state index is 0.612. The van der Waals surface area contributed by atoms with Gasteiger partial charge in [0.25, 0.3) is 0 Å². The topological polar surface area (TPSA) is 27.1 Å². The summed E-state index contributed by atoms with van der Waals surface area (Å²) in [5.74, 6) is 1.80. The van der Waals surface area contributed by atoms with E-state index in [4.69, 9.17) is 9.72 Å². The molecule has 0 aliphatic heterocycles. The van der Waals surface area contributed by atoms with Crippen LogP contribution in [0.5, 0.6) is 5.75 Å². The number of imidazole rings is 1. The Hall–Kier alpha value is -2.72. The van der Waals surface area contributed by atoms with E-state index in [9.17, 15) is 0 Å². The van der Waals surface area contributed by atoms with Gasteiger partial charge in [-0.15, -0.1) is 0 Å². The van der Waals surface area contributed by atoms with Crippen LogP contribution in [-0.2, 0) is 12.3 Å². The molecule has 0 saturated carbocycles. The van der Waals surface area contributed by atoms with Gasteiger partial charge in [0.1, 0.15) is 12.4 Å². The minimum Gasteiger partial charge on any atom is -0.492 e. The molecule has 4 heteroatoms. The van der Waals surface area contributed by atoms with Crippen molar-refractivity contribution in [3.63, 3.8) is 0 Å². The molecule has 4 rings (SSSR count). The van der Waals surface area contributed by atoms with Crippen LogP contribution in [0.3, 0.4) is 0 Å². The summed E-state index contributed by atoms with van der Waals surface area (Å²) < 4.78 is 8.23. The number of aromatic nitrogens is 2. The first kappa shape index (κ1) is 18.6. The molecule has 0 spiro atoms. The number of hydrogen-bond acceptors (Lipinski definition) is 3. The fraction of sp³-hybridized carbons (Fsp3) is 0.208. The molecule has 1 aromatic heterocycles. The lowest BCUT2D eigenvalue weighted by Gasteiger charge is -2.11. The van der Waals surface area contributed by atoms with E-state index in [-0.39, 0.29) is 0 Å². The highest BCUT2D eigenvalue weighted by atomic mass is 32.2. The Kier molecular flexibility index (Phi) is 5.68. The van der Waals surface area contributed by atoms with Gasteiger partial charge in [0.2, 0.25) is 0 Å². The molecule has 0 aliphatic rings. The first-order valence-corrected chi connectivity index (χ1v) is 10.5. The second-order valence-corrected chi connectivity index (χ2v) is 7.85. The van der Waals surface area contributed by atoms with Crippen molar-refractivity contribution in [1.29, 1.82) is 0 Å². The Balaban J connectivity index is 1.58. The number of para-hydroxylation sites is 1. The van der Waals surface area contributed by atoms with Crippen molar-refractivity contribution < 1.29 is 4.74 Å². The molecule has 0 bridgehead atoms. The summed E-state index contributed by atoms with van der Waals surface area (Å²) in [5, 5.41) is 1.04. The van der Waals surface area contributed by atoms with Crippen LogP contribution in [-0.4, -0.2) is 16.2 Å². The minimum absolute atomic E-state index is 0.612. The van der Waals surface area contributed by atoms with Crippen LogP contribution in [0.25, 0.3) is 11.0 Å². The zero-order chi connectivity index (χ0) is 19.3. The SMILES string of the molecule is Cc1cc2nc(SCc3ccccc3)n(CCOc3ccccc3)c2cc1C. The van der Waals surface area contributed by atoms with E-state index in [0.29, 0.717) is 6.61 Å². The van der Waals surface area contributed by atoms with Crippen molar-refractivity contribution in [2.75, 3.05) is 6.61 Å². The standard InChI is InChI=1S/C24H24N2OS/c1-18-15-22-23(16-19(18)2)26(13-14-27-21-11-7-4-8-12-21)24(25-22)28-17-20-9-5-3-6-10-20/h3-12,15-16H,13-14,17H2,1-2H3. The number of ether oxygens (including phenoxy) is 1. The zero-order valence-electron chi connectivity index (χ0n) is 16.3. The number of thioether (sulfide) groups is 1. The van der Waals surface area contributed by atoms with Crippen molar-refractivity contribution in [1.82, 2.24) is 9.55 Å². The molecule has 3 aromatic carbocycles. The molecule has 4 aromatic rings. The van der Waals surface area contributed by atoms with Crippen molar-refractivity contribution in [3.05, 3.63) is 89.5 Å². The van der Waals surface area contributed by atoms with Crippen LogP contribution in [0.1, 0.15) is 16.7 Å². The number of hydrogen-bond donors (Lipinski definition) is 0. The lowest BCUT2D eigenvalue weighted by molar-refractivity contribution is 0.295. The Bertz CT molecular complexity index is 1060. The predicted molar refractivity (Wildman–Crippen MR) is 117 cm³/mol. The van der Waals surface area contributed by atoms with Gasteiger partial charge in [-0.3, -0.25) is 0 Å². The summed E-state index contributed by atoms with van der Waals surface area (Å²) in [4.78, 5) is 4.93. The smallest absolute Gasteiger partial charge is 0.169 e. The van der Waals surface area contributed by atoms with Gasteiger partial charge in [0.15, 0.2) is 5.16 Å². The third kappa shape index (κ3) is 4.23. The second kappa shape index (κ2) is 8.53. The molecule has 1 heterocycles. The molecule has 142 valence electrons. The summed E-state index contributed by atoms with van der Waals surface area (Å²) in [6.07, 6.45) is 0. The lowest BCUT2D eigenvalue weighted by Crippen LogP contribution is -2.09. The molecular formula is C24H24N2OS. The van der Waals surface area contributed by atoms with Crippen molar-refractivity contribution in [2.45, 2.75) is 31.3 Å². The van der Waals surface area contributed by atoms with Crippen LogP contribution in [0, 0.1) is 13.8 Å². The van der Waals surface area contributed by atoms with E-state index in [2.05, 4.69) is 60.9 Å². The lowest BCUT2D eigenvalue weighted by atomic mass is 10.1. The fourth-order valence-corrected chi connectivity index (χ4v) is 4.17. The molecule has 0 aliphatic carbocycles. The van der Waals surface area contributed by atoms with Crippen molar-refractivity contribution in [3.8, 4) is 5.75 Å². The first-order chi connectivity index (χ1) is 13.7. The molecule has 0 N–H and O–H groups in total. The van der Waals surface area contributed by atoms with E-state index < -0.39 is 0 Å². The summed E-state index contributed by atoms with van der Waals surface area (Å²) >= 11 is 1.78. The number of rotatable bonds is 7. The maximum atomic E-state index is 5.94. The Labute approximate surface area is 170 Å². The van der Waals surface area contributed by atoms with Gasteiger partial charge in [0, 0.05) is 5.75 Å². The maximum absolute atomic E-state index is 5.94. The number of benzene rings is 3. The molecular weight excluding hydrogens is 364 g/mol. The van der Waals surface area contributed by atoms with Gasteiger partial charge >= 0.3 is 0 Å². The fourth-order valence-electron chi connectivity index (χ4n) is 3.18. The molecule has 0 fully saturated rings. The van der Waals surface area contributed by atoms with E-state index in [0.717, 1.165) is 28.7 Å². The normalized spacial score (nSPS) is 11.1. The average molecular weight is 389 g/mol. The summed E-state index contributed by atoms with van der Waals surface area (Å²) in [6.45, 7) is 5.68. The molecule has 0 amide bonds. The number of aryl methyl sites for hydroxylation is 2. The van der Waals surface area contributed by atoms with E-state index >= 15 is 0 Å². The van der Waals surface area contributed by atoms with Crippen LogP contribution in [0.2, 0.25) is 0 Å². The molecule has 0 atom stereocenters. The monoisotopic (exact) mass is 388 g/mol. The highest BCUT2D eigenvalue weighted by Gasteiger charge is 2.13. The van der Waals surface area contributed by atoms with Crippen LogP contribution < -0.4 is 4.74 Å². The predicted octanol–water partition coefficient (Wildman–Crippen LogP) is 6.02. The number of fused-ring (bicyclic) bond motifs is 1. The van der Waals surface area contributed by atoms with Gasteiger partial charge in [-0.2, -0.15) is 0 Å².